The van der Waals surface area contributed by atoms with Crippen molar-refractivity contribution in [1.29, 1.82) is 0 Å². The van der Waals surface area contributed by atoms with Gasteiger partial charge >= 0.3 is 0 Å². The van der Waals surface area contributed by atoms with Crippen molar-refractivity contribution < 1.29 is 13.9 Å². The maximum atomic E-state index is 13.5. The first-order valence-corrected chi connectivity index (χ1v) is 5.75. The van der Waals surface area contributed by atoms with Crippen molar-refractivity contribution in [3.05, 3.63) is 53.8 Å². The van der Waals surface area contributed by atoms with Crippen LogP contribution in [-0.4, -0.2) is 7.11 Å². The standard InChI is InChI=1S/C15H14FO2/c1-3-11-8-9-14(15(10-11)17-2)18-13-7-5-4-6-12(13)16/h5-10H,3H2,1-2H3. The molecule has 0 aromatic heterocycles. The van der Waals surface area contributed by atoms with E-state index in [9.17, 15) is 4.39 Å². The zero-order chi connectivity index (χ0) is 13.0. The SMILES string of the molecule is CCc1ccc(Oc2cc[c]cc2F)c(OC)c1. The fourth-order valence-corrected chi connectivity index (χ4v) is 1.61. The molecule has 0 heterocycles. The van der Waals surface area contributed by atoms with Gasteiger partial charge in [0.25, 0.3) is 0 Å². The number of ether oxygens (including phenoxy) is 2. The minimum Gasteiger partial charge on any atom is -0.493 e. The van der Waals surface area contributed by atoms with E-state index in [1.165, 1.54) is 12.1 Å². The van der Waals surface area contributed by atoms with Crippen LogP contribution >= 0.6 is 0 Å². The van der Waals surface area contributed by atoms with E-state index in [1.54, 1.807) is 19.2 Å². The van der Waals surface area contributed by atoms with Crippen LogP contribution in [0.5, 0.6) is 17.2 Å². The van der Waals surface area contributed by atoms with Crippen LogP contribution in [-0.2, 0) is 6.42 Å². The van der Waals surface area contributed by atoms with Gasteiger partial charge in [-0.15, -0.1) is 0 Å². The summed E-state index contributed by atoms with van der Waals surface area (Å²) in [5.41, 5.74) is 1.14. The number of rotatable bonds is 4. The highest BCUT2D eigenvalue weighted by atomic mass is 19.1. The smallest absolute Gasteiger partial charge is 0.169 e. The molecule has 0 saturated heterocycles. The summed E-state index contributed by atoms with van der Waals surface area (Å²) in [5, 5.41) is 0. The molecule has 0 aliphatic rings. The molecule has 2 nitrogen and oxygen atoms in total. The van der Waals surface area contributed by atoms with Gasteiger partial charge in [0.1, 0.15) is 0 Å². The molecule has 0 amide bonds. The van der Waals surface area contributed by atoms with Crippen molar-refractivity contribution in [3.63, 3.8) is 0 Å². The van der Waals surface area contributed by atoms with Gasteiger partial charge in [0, 0.05) is 0 Å². The highest BCUT2D eigenvalue weighted by Crippen LogP contribution is 2.33. The van der Waals surface area contributed by atoms with Gasteiger partial charge in [-0.3, -0.25) is 0 Å². The lowest BCUT2D eigenvalue weighted by Crippen LogP contribution is -1.93. The maximum Gasteiger partial charge on any atom is 0.169 e. The molecule has 2 aromatic carbocycles. The van der Waals surface area contributed by atoms with E-state index in [4.69, 9.17) is 9.47 Å². The van der Waals surface area contributed by atoms with E-state index in [2.05, 4.69) is 13.0 Å². The normalized spacial score (nSPS) is 10.2. The van der Waals surface area contributed by atoms with Crippen molar-refractivity contribution in [2.75, 3.05) is 7.11 Å². The molecule has 0 saturated carbocycles. The monoisotopic (exact) mass is 245 g/mol. The Hall–Kier alpha value is -2.03. The summed E-state index contributed by atoms with van der Waals surface area (Å²) < 4.78 is 24.2. The number of hydrogen-bond donors (Lipinski definition) is 0. The molecule has 0 aliphatic heterocycles. The predicted molar refractivity (Wildman–Crippen MR) is 67.7 cm³/mol. The van der Waals surface area contributed by atoms with Crippen LogP contribution in [0.2, 0.25) is 0 Å². The molecular formula is C15H14FO2. The summed E-state index contributed by atoms with van der Waals surface area (Å²) >= 11 is 0. The third-order valence-electron chi connectivity index (χ3n) is 2.63. The molecule has 2 rings (SSSR count). The molecule has 0 spiro atoms. The molecular weight excluding hydrogens is 231 g/mol. The average molecular weight is 245 g/mol. The number of methoxy groups -OCH3 is 1. The molecule has 0 bridgehead atoms. The quantitative estimate of drug-likeness (QED) is 0.810. The molecule has 0 aliphatic carbocycles. The van der Waals surface area contributed by atoms with Gasteiger partial charge in [-0.25, -0.2) is 4.39 Å². The predicted octanol–water partition coefficient (Wildman–Crippen LogP) is 3.99. The Morgan fingerprint density at radius 3 is 2.67 bits per heavy atom. The Bertz CT molecular complexity index is 538. The van der Waals surface area contributed by atoms with Crippen LogP contribution < -0.4 is 9.47 Å². The summed E-state index contributed by atoms with van der Waals surface area (Å²) in [6.07, 6.45) is 0.908. The first kappa shape index (κ1) is 12.4. The summed E-state index contributed by atoms with van der Waals surface area (Å²) in [5.74, 6) is 0.816. The summed E-state index contributed by atoms with van der Waals surface area (Å²) in [6.45, 7) is 2.06. The van der Waals surface area contributed by atoms with Crippen LogP contribution in [0.25, 0.3) is 0 Å². The number of halogens is 1. The fourth-order valence-electron chi connectivity index (χ4n) is 1.61. The second kappa shape index (κ2) is 5.54. The van der Waals surface area contributed by atoms with Gasteiger partial charge < -0.3 is 9.47 Å². The second-order valence-corrected chi connectivity index (χ2v) is 3.80. The van der Waals surface area contributed by atoms with Crippen LogP contribution in [0, 0.1) is 11.9 Å². The maximum absolute atomic E-state index is 13.5. The van der Waals surface area contributed by atoms with Crippen LogP contribution in [0.15, 0.2) is 36.4 Å². The molecule has 0 fully saturated rings. The Morgan fingerprint density at radius 1 is 1.17 bits per heavy atom. The Morgan fingerprint density at radius 2 is 2.00 bits per heavy atom. The molecule has 0 N–H and O–H groups in total. The lowest BCUT2D eigenvalue weighted by atomic mass is 10.1. The summed E-state index contributed by atoms with van der Waals surface area (Å²) in [4.78, 5) is 0. The van der Waals surface area contributed by atoms with Crippen molar-refractivity contribution in [2.24, 2.45) is 0 Å². The highest BCUT2D eigenvalue weighted by molar-refractivity contribution is 5.45. The first-order chi connectivity index (χ1) is 8.74. The zero-order valence-electron chi connectivity index (χ0n) is 10.4. The van der Waals surface area contributed by atoms with Crippen molar-refractivity contribution in [2.45, 2.75) is 13.3 Å². The van der Waals surface area contributed by atoms with Crippen LogP contribution in [0.1, 0.15) is 12.5 Å². The lowest BCUT2D eigenvalue weighted by molar-refractivity contribution is 0.370. The molecule has 3 heteroatoms. The summed E-state index contributed by atoms with van der Waals surface area (Å²) in [6, 6.07) is 12.6. The third-order valence-corrected chi connectivity index (χ3v) is 2.63. The topological polar surface area (TPSA) is 18.5 Å². The lowest BCUT2D eigenvalue weighted by Gasteiger charge is -2.11. The minimum atomic E-state index is -0.445. The summed E-state index contributed by atoms with van der Waals surface area (Å²) in [7, 11) is 1.57. The molecule has 0 atom stereocenters. The molecule has 93 valence electrons. The van der Waals surface area contributed by atoms with E-state index >= 15 is 0 Å². The zero-order valence-corrected chi connectivity index (χ0v) is 10.4. The second-order valence-electron chi connectivity index (χ2n) is 3.80. The van der Waals surface area contributed by atoms with Gasteiger partial charge in [0.2, 0.25) is 0 Å². The Balaban J connectivity index is 2.32. The van der Waals surface area contributed by atoms with Gasteiger partial charge in [-0.2, -0.15) is 0 Å². The molecule has 18 heavy (non-hydrogen) atoms. The van der Waals surface area contributed by atoms with Crippen molar-refractivity contribution >= 4 is 0 Å². The average Bonchev–Trinajstić information content (AvgIpc) is 2.41. The molecule has 0 unspecified atom stereocenters. The van der Waals surface area contributed by atoms with Crippen LogP contribution in [0.3, 0.4) is 0 Å². The minimum absolute atomic E-state index is 0.163. The number of hydrogen-bond acceptors (Lipinski definition) is 2. The fraction of sp³-hybridized carbons (Fsp3) is 0.200. The van der Waals surface area contributed by atoms with Gasteiger partial charge in [0.05, 0.1) is 7.11 Å². The van der Waals surface area contributed by atoms with E-state index in [0.29, 0.717) is 11.5 Å². The van der Waals surface area contributed by atoms with E-state index in [1.807, 2.05) is 12.1 Å². The van der Waals surface area contributed by atoms with Gasteiger partial charge in [0.15, 0.2) is 23.1 Å². The van der Waals surface area contributed by atoms with Crippen molar-refractivity contribution in [3.8, 4) is 17.2 Å². The van der Waals surface area contributed by atoms with E-state index < -0.39 is 5.82 Å². The first-order valence-electron chi connectivity index (χ1n) is 5.75. The third kappa shape index (κ3) is 2.62. The van der Waals surface area contributed by atoms with Crippen LogP contribution in [0.4, 0.5) is 4.39 Å². The van der Waals surface area contributed by atoms with Gasteiger partial charge in [-0.1, -0.05) is 19.1 Å². The Kier molecular flexibility index (Phi) is 3.82. The van der Waals surface area contributed by atoms with E-state index in [-0.39, 0.29) is 5.75 Å². The van der Waals surface area contributed by atoms with E-state index in [0.717, 1.165) is 12.0 Å². The molecule has 2 aromatic rings. The van der Waals surface area contributed by atoms with Gasteiger partial charge in [-0.05, 0) is 42.3 Å². The number of aryl methyl sites for hydroxylation is 1. The molecule has 1 radical (unpaired) electrons. The number of benzene rings is 2. The highest BCUT2D eigenvalue weighted by Gasteiger charge is 2.09. The Labute approximate surface area is 106 Å². The van der Waals surface area contributed by atoms with Crippen molar-refractivity contribution in [1.82, 2.24) is 0 Å². The largest absolute Gasteiger partial charge is 0.493 e.